The zero-order valence-corrected chi connectivity index (χ0v) is 18.7. The van der Waals surface area contributed by atoms with Crippen molar-refractivity contribution < 1.29 is 9.53 Å². The summed E-state index contributed by atoms with van der Waals surface area (Å²) >= 11 is 8.16. The van der Waals surface area contributed by atoms with Gasteiger partial charge in [-0.2, -0.15) is 0 Å². The predicted octanol–water partition coefficient (Wildman–Crippen LogP) is 4.42. The lowest BCUT2D eigenvalue weighted by Crippen LogP contribution is -2.28. The van der Waals surface area contributed by atoms with Crippen molar-refractivity contribution in [3.63, 3.8) is 0 Å². The third kappa shape index (κ3) is 3.85. The molecule has 160 valence electrons. The van der Waals surface area contributed by atoms with Crippen molar-refractivity contribution in [3.05, 3.63) is 63.0 Å². The summed E-state index contributed by atoms with van der Waals surface area (Å²) in [5, 5.41) is 10.2. The number of hydrogen-bond acceptors (Lipinski definition) is 6. The summed E-state index contributed by atoms with van der Waals surface area (Å²) in [6.45, 7) is 4.31. The minimum Gasteiger partial charge on any atom is -0.449 e. The molecule has 7 nitrogen and oxygen atoms in total. The standard InChI is InChI=1S/C22H22ClN5O2S/c1-14-25-26-19-13-24-20(16-6-2-3-7-18(16)23)17-12-15(31-21(17)28(14)19)8-11-30-22(29)27-9-4-5-10-27/h2-3,6-7,12H,4-5,8-11,13H2,1H3. The molecule has 2 aliphatic heterocycles. The molecule has 0 spiro atoms. The Morgan fingerprint density at radius 2 is 2.00 bits per heavy atom. The Hall–Kier alpha value is -2.71. The van der Waals surface area contributed by atoms with Gasteiger partial charge in [0.2, 0.25) is 0 Å². The van der Waals surface area contributed by atoms with Crippen LogP contribution < -0.4 is 0 Å². The van der Waals surface area contributed by atoms with Crippen LogP contribution in [0.25, 0.3) is 5.00 Å². The fourth-order valence-electron chi connectivity index (χ4n) is 4.01. The number of ether oxygens (including phenoxy) is 1. The molecule has 1 saturated heterocycles. The van der Waals surface area contributed by atoms with Gasteiger partial charge >= 0.3 is 6.09 Å². The normalized spacial score (nSPS) is 15.3. The minimum atomic E-state index is -0.217. The van der Waals surface area contributed by atoms with E-state index in [-0.39, 0.29) is 6.09 Å². The SMILES string of the molecule is Cc1nnc2n1-c1sc(CCOC(=O)N3CCCC3)cc1C(c1ccccc1Cl)=NC2. The van der Waals surface area contributed by atoms with Gasteiger partial charge in [0.15, 0.2) is 5.82 Å². The number of aryl methyl sites for hydroxylation is 1. The molecule has 0 saturated carbocycles. The summed E-state index contributed by atoms with van der Waals surface area (Å²) in [4.78, 5) is 19.9. The van der Waals surface area contributed by atoms with Crippen LogP contribution in [0.15, 0.2) is 35.3 Å². The Kier molecular flexibility index (Phi) is 5.50. The third-order valence-corrected chi connectivity index (χ3v) is 7.07. The van der Waals surface area contributed by atoms with Gasteiger partial charge in [0.25, 0.3) is 0 Å². The summed E-state index contributed by atoms with van der Waals surface area (Å²) in [6.07, 6.45) is 2.53. The number of rotatable bonds is 4. The molecule has 0 unspecified atom stereocenters. The first kappa shape index (κ1) is 20.2. The number of nitrogens with zero attached hydrogens (tertiary/aromatic N) is 5. The van der Waals surface area contributed by atoms with Gasteiger partial charge in [-0.15, -0.1) is 21.5 Å². The molecular weight excluding hydrogens is 434 g/mol. The van der Waals surface area contributed by atoms with Gasteiger partial charge in [0.05, 0.1) is 12.3 Å². The average Bonchev–Trinajstić information content (AvgIpc) is 3.49. The Labute approximate surface area is 189 Å². The summed E-state index contributed by atoms with van der Waals surface area (Å²) in [6, 6.07) is 9.86. The molecule has 3 aromatic rings. The van der Waals surface area contributed by atoms with E-state index in [1.807, 2.05) is 31.2 Å². The third-order valence-electron chi connectivity index (χ3n) is 5.56. The van der Waals surface area contributed by atoms with E-state index in [1.54, 1.807) is 16.2 Å². The van der Waals surface area contributed by atoms with Crippen molar-refractivity contribution in [2.75, 3.05) is 19.7 Å². The van der Waals surface area contributed by atoms with Crippen LogP contribution in [0.4, 0.5) is 4.79 Å². The van der Waals surface area contributed by atoms with Gasteiger partial charge in [-0.05, 0) is 31.9 Å². The highest BCUT2D eigenvalue weighted by atomic mass is 35.5. The van der Waals surface area contributed by atoms with Crippen LogP contribution in [-0.2, 0) is 17.7 Å². The van der Waals surface area contributed by atoms with E-state index in [0.29, 0.717) is 24.6 Å². The number of aliphatic imine (C=N–C) groups is 1. The van der Waals surface area contributed by atoms with E-state index in [0.717, 1.165) is 64.3 Å². The van der Waals surface area contributed by atoms with E-state index in [1.165, 1.54) is 0 Å². The minimum absolute atomic E-state index is 0.217. The molecule has 1 fully saturated rings. The maximum absolute atomic E-state index is 12.2. The Bertz CT molecular complexity index is 1160. The predicted molar refractivity (Wildman–Crippen MR) is 121 cm³/mol. The number of fused-ring (bicyclic) bond motifs is 3. The fraction of sp³-hybridized carbons (Fsp3) is 0.364. The number of thiophene rings is 1. The highest BCUT2D eigenvalue weighted by Gasteiger charge is 2.26. The first-order valence-electron chi connectivity index (χ1n) is 10.4. The molecule has 9 heteroatoms. The zero-order valence-electron chi connectivity index (χ0n) is 17.2. The zero-order chi connectivity index (χ0) is 21.4. The van der Waals surface area contributed by atoms with E-state index in [9.17, 15) is 4.79 Å². The van der Waals surface area contributed by atoms with Gasteiger partial charge in [-0.25, -0.2) is 4.79 Å². The lowest BCUT2D eigenvalue weighted by atomic mass is 10.0. The summed E-state index contributed by atoms with van der Waals surface area (Å²) in [5.74, 6) is 1.62. The fourth-order valence-corrected chi connectivity index (χ4v) is 5.44. The molecule has 31 heavy (non-hydrogen) atoms. The van der Waals surface area contributed by atoms with Crippen molar-refractivity contribution in [1.29, 1.82) is 0 Å². The van der Waals surface area contributed by atoms with Gasteiger partial charge in [-0.3, -0.25) is 9.56 Å². The van der Waals surface area contributed by atoms with Crippen LogP contribution in [0.3, 0.4) is 0 Å². The maximum Gasteiger partial charge on any atom is 0.409 e. The quantitative estimate of drug-likeness (QED) is 0.583. The Morgan fingerprint density at radius 3 is 2.81 bits per heavy atom. The summed E-state index contributed by atoms with van der Waals surface area (Å²) in [5.41, 5.74) is 2.74. The second kappa shape index (κ2) is 8.43. The average molecular weight is 456 g/mol. The van der Waals surface area contributed by atoms with Crippen LogP contribution in [-0.4, -0.2) is 51.2 Å². The summed E-state index contributed by atoms with van der Waals surface area (Å²) in [7, 11) is 0. The van der Waals surface area contributed by atoms with Crippen molar-refractivity contribution in [1.82, 2.24) is 19.7 Å². The number of halogens is 1. The van der Waals surface area contributed by atoms with Crippen LogP contribution in [0.2, 0.25) is 5.02 Å². The second-order valence-corrected chi connectivity index (χ2v) is 9.16. The number of carbonyl (C=O) groups excluding carboxylic acids is 1. The maximum atomic E-state index is 12.2. The molecule has 0 aliphatic carbocycles. The second-order valence-electron chi connectivity index (χ2n) is 7.63. The van der Waals surface area contributed by atoms with Gasteiger partial charge in [0, 0.05) is 40.5 Å². The van der Waals surface area contributed by atoms with Gasteiger partial charge in [0.1, 0.15) is 17.4 Å². The summed E-state index contributed by atoms with van der Waals surface area (Å²) < 4.78 is 7.57. The highest BCUT2D eigenvalue weighted by Crippen LogP contribution is 2.34. The van der Waals surface area contributed by atoms with E-state index < -0.39 is 0 Å². The van der Waals surface area contributed by atoms with Crippen molar-refractivity contribution in [2.24, 2.45) is 4.99 Å². The number of likely N-dealkylation sites (tertiary alicyclic amines) is 1. The number of carbonyl (C=O) groups is 1. The van der Waals surface area contributed by atoms with E-state index >= 15 is 0 Å². The van der Waals surface area contributed by atoms with Crippen LogP contribution in [0.5, 0.6) is 0 Å². The molecule has 4 heterocycles. The molecular formula is C22H22ClN5O2S. The molecule has 0 atom stereocenters. The number of amides is 1. The smallest absolute Gasteiger partial charge is 0.409 e. The lowest BCUT2D eigenvalue weighted by Gasteiger charge is -2.14. The Morgan fingerprint density at radius 1 is 1.19 bits per heavy atom. The van der Waals surface area contributed by atoms with Crippen molar-refractivity contribution in [3.8, 4) is 5.00 Å². The van der Waals surface area contributed by atoms with Crippen LogP contribution in [0, 0.1) is 6.92 Å². The first-order valence-corrected chi connectivity index (χ1v) is 11.6. The number of hydrogen-bond donors (Lipinski definition) is 0. The molecule has 5 rings (SSSR count). The van der Waals surface area contributed by atoms with Gasteiger partial charge in [-0.1, -0.05) is 29.8 Å². The van der Waals surface area contributed by atoms with Gasteiger partial charge < -0.3 is 9.64 Å². The lowest BCUT2D eigenvalue weighted by molar-refractivity contribution is 0.112. The highest BCUT2D eigenvalue weighted by molar-refractivity contribution is 7.15. The molecule has 1 amide bonds. The van der Waals surface area contributed by atoms with E-state index in [4.69, 9.17) is 21.3 Å². The molecule has 0 bridgehead atoms. The van der Waals surface area contributed by atoms with Crippen molar-refractivity contribution in [2.45, 2.75) is 32.7 Å². The topological polar surface area (TPSA) is 72.6 Å². The van der Waals surface area contributed by atoms with Crippen molar-refractivity contribution >= 4 is 34.7 Å². The molecule has 2 aromatic heterocycles. The van der Waals surface area contributed by atoms with E-state index in [2.05, 4.69) is 20.8 Å². The monoisotopic (exact) mass is 455 g/mol. The first-order chi connectivity index (χ1) is 15.1. The molecule has 1 aromatic carbocycles. The largest absolute Gasteiger partial charge is 0.449 e. The van der Waals surface area contributed by atoms with Crippen LogP contribution >= 0.6 is 22.9 Å². The number of aromatic nitrogens is 3. The number of benzene rings is 1. The molecule has 0 N–H and O–H groups in total. The molecule has 2 aliphatic rings. The molecule has 0 radical (unpaired) electrons. The van der Waals surface area contributed by atoms with Crippen LogP contribution in [0.1, 0.15) is 40.5 Å². The Balaban J connectivity index is 1.45.